The molecule has 0 fully saturated rings. The first-order valence-corrected chi connectivity index (χ1v) is 8.10. The Morgan fingerprint density at radius 2 is 2.04 bits per heavy atom. The SMILES string of the molecule is CCCN(C(=O)COc1nnc(C(F)(F)F)s1)c1ccccc1Cl. The lowest BCUT2D eigenvalue weighted by Crippen LogP contribution is -2.35. The molecule has 24 heavy (non-hydrogen) atoms. The van der Waals surface area contributed by atoms with Crippen LogP contribution in [-0.2, 0) is 11.0 Å². The summed E-state index contributed by atoms with van der Waals surface area (Å²) < 4.78 is 42.4. The first-order chi connectivity index (χ1) is 11.3. The van der Waals surface area contributed by atoms with Crippen molar-refractivity contribution in [1.82, 2.24) is 10.2 Å². The molecule has 2 rings (SSSR count). The molecule has 0 atom stereocenters. The minimum Gasteiger partial charge on any atom is -0.459 e. The Morgan fingerprint density at radius 1 is 1.33 bits per heavy atom. The lowest BCUT2D eigenvalue weighted by atomic mass is 10.2. The van der Waals surface area contributed by atoms with E-state index < -0.39 is 23.7 Å². The molecular formula is C14H13ClF3N3O2S. The molecule has 1 amide bonds. The zero-order chi connectivity index (χ0) is 17.7. The molecule has 0 radical (unpaired) electrons. The minimum atomic E-state index is -4.59. The van der Waals surface area contributed by atoms with E-state index in [1.54, 1.807) is 24.3 Å². The van der Waals surface area contributed by atoms with Crippen molar-refractivity contribution in [1.29, 1.82) is 0 Å². The number of hydrogen-bond acceptors (Lipinski definition) is 5. The molecule has 0 bridgehead atoms. The van der Waals surface area contributed by atoms with Gasteiger partial charge in [-0.3, -0.25) is 4.79 Å². The number of hydrogen-bond donors (Lipinski definition) is 0. The molecule has 0 unspecified atom stereocenters. The summed E-state index contributed by atoms with van der Waals surface area (Å²) in [6.45, 7) is 1.83. The van der Waals surface area contributed by atoms with E-state index in [2.05, 4.69) is 10.2 Å². The van der Waals surface area contributed by atoms with Gasteiger partial charge in [-0.25, -0.2) is 0 Å². The summed E-state index contributed by atoms with van der Waals surface area (Å²) >= 11 is 6.33. The van der Waals surface area contributed by atoms with E-state index in [-0.39, 0.29) is 16.5 Å². The van der Waals surface area contributed by atoms with Gasteiger partial charge in [0.05, 0.1) is 10.7 Å². The van der Waals surface area contributed by atoms with Gasteiger partial charge < -0.3 is 9.64 Å². The number of carbonyl (C=O) groups is 1. The number of alkyl halides is 3. The molecule has 0 N–H and O–H groups in total. The Hall–Kier alpha value is -1.87. The number of anilines is 1. The fourth-order valence-corrected chi connectivity index (χ4v) is 2.66. The van der Waals surface area contributed by atoms with E-state index in [0.29, 0.717) is 23.7 Å². The smallest absolute Gasteiger partial charge is 0.445 e. The maximum atomic E-state index is 12.5. The fraction of sp³-hybridized carbons (Fsp3) is 0.357. The zero-order valence-corrected chi connectivity index (χ0v) is 14.1. The second kappa shape index (κ2) is 7.80. The number of nitrogens with zero attached hydrogens (tertiary/aromatic N) is 3. The Balaban J connectivity index is 2.06. The molecule has 0 saturated carbocycles. The summed E-state index contributed by atoms with van der Waals surface area (Å²) in [6.07, 6.45) is -3.91. The molecule has 0 spiro atoms. The largest absolute Gasteiger partial charge is 0.459 e. The molecule has 1 aromatic heterocycles. The van der Waals surface area contributed by atoms with Gasteiger partial charge in [-0.2, -0.15) is 13.2 Å². The number of rotatable bonds is 6. The van der Waals surface area contributed by atoms with Crippen molar-refractivity contribution in [3.05, 3.63) is 34.3 Å². The van der Waals surface area contributed by atoms with Crippen LogP contribution in [0.25, 0.3) is 0 Å². The topological polar surface area (TPSA) is 55.3 Å². The van der Waals surface area contributed by atoms with Gasteiger partial charge in [0.2, 0.25) is 5.01 Å². The normalized spacial score (nSPS) is 11.4. The number of benzene rings is 1. The predicted octanol–water partition coefficient (Wildman–Crippen LogP) is 4.03. The summed E-state index contributed by atoms with van der Waals surface area (Å²) in [4.78, 5) is 13.8. The van der Waals surface area contributed by atoms with Crippen LogP contribution in [0.2, 0.25) is 5.02 Å². The molecule has 10 heteroatoms. The number of aromatic nitrogens is 2. The highest BCUT2D eigenvalue weighted by Crippen LogP contribution is 2.34. The highest BCUT2D eigenvalue weighted by molar-refractivity contribution is 7.13. The summed E-state index contributed by atoms with van der Waals surface area (Å²) in [5, 5.41) is 5.23. The first-order valence-electron chi connectivity index (χ1n) is 6.91. The highest BCUT2D eigenvalue weighted by atomic mass is 35.5. The van der Waals surface area contributed by atoms with Crippen molar-refractivity contribution >= 4 is 34.5 Å². The monoisotopic (exact) mass is 379 g/mol. The minimum absolute atomic E-state index is 0.240. The van der Waals surface area contributed by atoms with Crippen LogP contribution in [0.3, 0.4) is 0 Å². The Labute approximate surface area is 145 Å². The molecule has 1 heterocycles. The third-order valence-electron chi connectivity index (χ3n) is 2.86. The van der Waals surface area contributed by atoms with E-state index in [4.69, 9.17) is 16.3 Å². The van der Waals surface area contributed by atoms with Crippen molar-refractivity contribution in [2.45, 2.75) is 19.5 Å². The molecule has 2 aromatic rings. The van der Waals surface area contributed by atoms with Gasteiger partial charge in [-0.1, -0.05) is 47.1 Å². The molecule has 5 nitrogen and oxygen atoms in total. The number of carbonyl (C=O) groups excluding carboxylic acids is 1. The second-order valence-corrected chi connectivity index (χ2v) is 6.00. The van der Waals surface area contributed by atoms with E-state index in [1.807, 2.05) is 6.92 Å². The Morgan fingerprint density at radius 3 is 2.62 bits per heavy atom. The predicted molar refractivity (Wildman–Crippen MR) is 84.5 cm³/mol. The standard InChI is InChI=1S/C14H13ClF3N3O2S/c1-2-7-21(10-6-4-3-5-9(10)15)11(22)8-23-13-20-19-12(24-13)14(16,17)18/h3-6H,2,7-8H2,1H3. The summed E-state index contributed by atoms with van der Waals surface area (Å²) in [7, 11) is 0. The molecule has 0 aliphatic carbocycles. The van der Waals surface area contributed by atoms with Crippen molar-refractivity contribution in [3.63, 3.8) is 0 Å². The van der Waals surface area contributed by atoms with Crippen LogP contribution in [0.4, 0.5) is 18.9 Å². The lowest BCUT2D eigenvalue weighted by molar-refractivity contribution is -0.138. The second-order valence-electron chi connectivity index (χ2n) is 4.66. The van der Waals surface area contributed by atoms with Gasteiger partial charge in [-0.05, 0) is 18.6 Å². The summed E-state index contributed by atoms with van der Waals surface area (Å²) in [6, 6.07) is 6.80. The Bertz CT molecular complexity index is 709. The van der Waals surface area contributed by atoms with Crippen molar-refractivity contribution in [2.24, 2.45) is 0 Å². The maximum absolute atomic E-state index is 12.5. The molecule has 0 aliphatic heterocycles. The van der Waals surface area contributed by atoms with Gasteiger partial charge in [0.15, 0.2) is 6.61 Å². The molecule has 0 saturated heterocycles. The van der Waals surface area contributed by atoms with Crippen molar-refractivity contribution in [3.8, 4) is 5.19 Å². The van der Waals surface area contributed by atoms with Gasteiger partial charge in [-0.15, -0.1) is 5.10 Å². The van der Waals surface area contributed by atoms with Gasteiger partial charge in [0.25, 0.3) is 11.1 Å². The summed E-state index contributed by atoms with van der Waals surface area (Å²) in [5.41, 5.74) is 0.517. The molecule has 130 valence electrons. The highest BCUT2D eigenvalue weighted by Gasteiger charge is 2.36. The first kappa shape index (κ1) is 18.5. The van der Waals surface area contributed by atoms with Gasteiger partial charge in [0.1, 0.15) is 0 Å². The zero-order valence-electron chi connectivity index (χ0n) is 12.5. The fourth-order valence-electron chi connectivity index (χ4n) is 1.86. The van der Waals surface area contributed by atoms with Crippen molar-refractivity contribution < 1.29 is 22.7 Å². The van der Waals surface area contributed by atoms with Crippen LogP contribution >= 0.6 is 22.9 Å². The number of halogens is 4. The third-order valence-corrected chi connectivity index (χ3v) is 4.06. The molecular weight excluding hydrogens is 367 g/mol. The van der Waals surface area contributed by atoms with Crippen LogP contribution < -0.4 is 9.64 Å². The van der Waals surface area contributed by atoms with Gasteiger partial charge in [0, 0.05) is 6.54 Å². The average Bonchev–Trinajstić information content (AvgIpc) is 3.00. The third kappa shape index (κ3) is 4.57. The summed E-state index contributed by atoms with van der Waals surface area (Å²) in [5.74, 6) is -0.436. The van der Waals surface area contributed by atoms with Crippen LogP contribution in [-0.4, -0.2) is 29.3 Å². The average molecular weight is 380 g/mol. The van der Waals surface area contributed by atoms with Crippen LogP contribution in [0.1, 0.15) is 18.4 Å². The Kier molecular flexibility index (Phi) is 6.00. The lowest BCUT2D eigenvalue weighted by Gasteiger charge is -2.23. The van der Waals surface area contributed by atoms with Crippen LogP contribution in [0.15, 0.2) is 24.3 Å². The molecule has 0 aliphatic rings. The number of para-hydroxylation sites is 1. The van der Waals surface area contributed by atoms with Crippen LogP contribution in [0.5, 0.6) is 5.19 Å². The maximum Gasteiger partial charge on any atom is 0.445 e. The molecule has 1 aromatic carbocycles. The van der Waals surface area contributed by atoms with E-state index >= 15 is 0 Å². The number of amides is 1. The quantitative estimate of drug-likeness (QED) is 0.760. The van der Waals surface area contributed by atoms with Gasteiger partial charge >= 0.3 is 6.18 Å². The number of ether oxygens (including phenoxy) is 1. The van der Waals surface area contributed by atoms with E-state index in [9.17, 15) is 18.0 Å². The van der Waals surface area contributed by atoms with E-state index in [0.717, 1.165) is 0 Å². The van der Waals surface area contributed by atoms with E-state index in [1.165, 1.54) is 4.90 Å². The van der Waals surface area contributed by atoms with Crippen LogP contribution in [0, 0.1) is 0 Å². The van der Waals surface area contributed by atoms with Crippen molar-refractivity contribution in [2.75, 3.05) is 18.1 Å².